The molecule has 160 valence electrons. The average molecular weight is 433 g/mol. The van der Waals surface area contributed by atoms with E-state index < -0.39 is 16.1 Å². The van der Waals surface area contributed by atoms with Crippen LogP contribution in [0, 0.1) is 5.92 Å². The van der Waals surface area contributed by atoms with Crippen molar-refractivity contribution < 1.29 is 18.3 Å². The van der Waals surface area contributed by atoms with E-state index in [-0.39, 0.29) is 17.7 Å². The van der Waals surface area contributed by atoms with E-state index in [1.165, 1.54) is 6.33 Å². The molecule has 30 heavy (non-hydrogen) atoms. The molecule has 4 rings (SSSR count). The number of fused-ring (bicyclic) bond motifs is 1. The van der Waals surface area contributed by atoms with Crippen molar-refractivity contribution in [3.8, 4) is 17.1 Å². The lowest BCUT2D eigenvalue weighted by Crippen LogP contribution is -2.22. The Morgan fingerprint density at radius 1 is 1.33 bits per heavy atom. The normalized spacial score (nSPS) is 21.8. The van der Waals surface area contributed by atoms with Gasteiger partial charge in [-0.15, -0.1) is 0 Å². The fourth-order valence-electron chi connectivity index (χ4n) is 3.88. The van der Waals surface area contributed by atoms with Gasteiger partial charge in [-0.1, -0.05) is 12.1 Å². The van der Waals surface area contributed by atoms with E-state index in [4.69, 9.17) is 9.88 Å². The summed E-state index contributed by atoms with van der Waals surface area (Å²) in [6.07, 6.45) is 2.30. The molecule has 0 saturated heterocycles. The summed E-state index contributed by atoms with van der Waals surface area (Å²) in [7, 11) is -1.93. The molecule has 1 aliphatic rings. The van der Waals surface area contributed by atoms with Gasteiger partial charge in [0.1, 0.15) is 23.4 Å². The number of hydrogen-bond donors (Lipinski definition) is 4. The van der Waals surface area contributed by atoms with Crippen LogP contribution in [0.3, 0.4) is 0 Å². The van der Waals surface area contributed by atoms with Gasteiger partial charge in [0.15, 0.2) is 11.5 Å². The molecule has 0 unspecified atom stereocenters. The van der Waals surface area contributed by atoms with E-state index in [2.05, 4.69) is 25.3 Å². The van der Waals surface area contributed by atoms with E-state index in [1.807, 2.05) is 24.3 Å². The van der Waals surface area contributed by atoms with Crippen LogP contribution in [0.25, 0.3) is 22.6 Å². The van der Waals surface area contributed by atoms with Crippen molar-refractivity contribution in [2.24, 2.45) is 11.1 Å². The number of ether oxygens (including phenoxy) is 1. The van der Waals surface area contributed by atoms with Gasteiger partial charge in [-0.2, -0.15) is 0 Å². The minimum atomic E-state index is -3.54. The van der Waals surface area contributed by atoms with E-state index in [0.717, 1.165) is 11.3 Å². The predicted molar refractivity (Wildman–Crippen MR) is 112 cm³/mol. The second-order valence-corrected chi connectivity index (χ2v) is 9.27. The summed E-state index contributed by atoms with van der Waals surface area (Å²) in [5.74, 6) is 1.69. The molecule has 1 aromatic carbocycles. The number of nitrogens with one attached hydrogen (secondary N) is 2. The highest BCUT2D eigenvalue weighted by Gasteiger charge is 2.33. The zero-order valence-electron chi connectivity index (χ0n) is 16.4. The molecular weight excluding hydrogens is 408 g/mol. The van der Waals surface area contributed by atoms with Crippen LogP contribution in [0.4, 0.5) is 5.82 Å². The van der Waals surface area contributed by atoms with Crippen molar-refractivity contribution >= 4 is 27.0 Å². The summed E-state index contributed by atoms with van der Waals surface area (Å²) in [4.78, 5) is 16.4. The SMILES string of the molecule is COc1cccc(-c2nc3ncnc(N[C@@H]4C[C@@H](CCS(N)(=O)=O)[C@@H](O)C4)c3[nH]2)c1. The molecule has 0 radical (unpaired) electrons. The van der Waals surface area contributed by atoms with Crippen molar-refractivity contribution in [2.45, 2.75) is 31.4 Å². The second kappa shape index (κ2) is 8.17. The monoisotopic (exact) mass is 432 g/mol. The number of nitrogens with zero attached hydrogens (tertiary/aromatic N) is 3. The van der Waals surface area contributed by atoms with Gasteiger partial charge in [0, 0.05) is 11.6 Å². The maximum Gasteiger partial charge on any atom is 0.209 e. The highest BCUT2D eigenvalue weighted by molar-refractivity contribution is 7.89. The standard InChI is InChI=1S/C19H24N6O4S/c1-29-14-4-2-3-12(8-14)17-24-16-18(21-10-22-19(16)25-17)23-13-7-11(15(26)9-13)5-6-30(20,27)28/h2-4,8,10-11,13,15,26H,5-7,9H2,1H3,(H2,20,27,28)(H2,21,22,23,24,25)/t11-,13-,15+/m1/s1. The number of nitrogens with two attached hydrogens (primary N) is 1. The van der Waals surface area contributed by atoms with Crippen LogP contribution >= 0.6 is 0 Å². The number of aliphatic hydroxyl groups excluding tert-OH is 1. The Morgan fingerprint density at radius 3 is 2.93 bits per heavy atom. The molecule has 1 fully saturated rings. The molecule has 1 saturated carbocycles. The summed E-state index contributed by atoms with van der Waals surface area (Å²) >= 11 is 0. The number of hydrogen-bond acceptors (Lipinski definition) is 8. The number of aliphatic hydroxyl groups is 1. The minimum Gasteiger partial charge on any atom is -0.497 e. The highest BCUT2D eigenvalue weighted by atomic mass is 32.2. The average Bonchev–Trinajstić information content (AvgIpc) is 3.30. The summed E-state index contributed by atoms with van der Waals surface area (Å²) < 4.78 is 27.7. The number of rotatable bonds is 7. The maximum atomic E-state index is 11.2. The third-order valence-electron chi connectivity index (χ3n) is 5.40. The first-order chi connectivity index (χ1) is 14.3. The molecule has 10 nitrogen and oxygen atoms in total. The minimum absolute atomic E-state index is 0.0489. The highest BCUT2D eigenvalue weighted by Crippen LogP contribution is 2.32. The molecule has 0 aliphatic heterocycles. The third-order valence-corrected chi connectivity index (χ3v) is 6.21. The van der Waals surface area contributed by atoms with Crippen molar-refractivity contribution in [3.63, 3.8) is 0 Å². The van der Waals surface area contributed by atoms with Gasteiger partial charge in [-0.3, -0.25) is 0 Å². The fraction of sp³-hybridized carbons (Fsp3) is 0.421. The quantitative estimate of drug-likeness (QED) is 0.435. The predicted octanol–water partition coefficient (Wildman–Crippen LogP) is 1.26. The number of aromatic amines is 1. The molecule has 2 aromatic heterocycles. The number of benzene rings is 1. The zero-order valence-corrected chi connectivity index (χ0v) is 17.3. The lowest BCUT2D eigenvalue weighted by atomic mass is 10.0. The Labute approximate surface area is 174 Å². The number of sulfonamides is 1. The molecular formula is C19H24N6O4S. The van der Waals surface area contributed by atoms with Crippen molar-refractivity contribution in [3.05, 3.63) is 30.6 Å². The Morgan fingerprint density at radius 2 is 2.17 bits per heavy atom. The van der Waals surface area contributed by atoms with Crippen LogP contribution in [0.5, 0.6) is 5.75 Å². The van der Waals surface area contributed by atoms with Gasteiger partial charge in [-0.05, 0) is 37.3 Å². The molecule has 3 aromatic rings. The molecule has 0 spiro atoms. The molecule has 3 atom stereocenters. The van der Waals surface area contributed by atoms with Crippen LogP contribution in [0.2, 0.25) is 0 Å². The van der Waals surface area contributed by atoms with Crippen LogP contribution in [-0.4, -0.2) is 58.5 Å². The molecule has 5 N–H and O–H groups in total. The summed E-state index contributed by atoms with van der Waals surface area (Å²) in [5.41, 5.74) is 2.05. The number of imidazole rings is 1. The van der Waals surface area contributed by atoms with Gasteiger partial charge < -0.3 is 20.1 Å². The number of anilines is 1. The summed E-state index contributed by atoms with van der Waals surface area (Å²) in [6.45, 7) is 0. The zero-order chi connectivity index (χ0) is 21.3. The molecule has 0 bridgehead atoms. The first kappa shape index (κ1) is 20.5. The van der Waals surface area contributed by atoms with Gasteiger partial charge in [0.2, 0.25) is 10.0 Å². The van der Waals surface area contributed by atoms with Crippen LogP contribution in [-0.2, 0) is 10.0 Å². The van der Waals surface area contributed by atoms with Gasteiger partial charge in [-0.25, -0.2) is 28.5 Å². The lowest BCUT2D eigenvalue weighted by molar-refractivity contribution is 0.131. The molecule has 2 heterocycles. The summed E-state index contributed by atoms with van der Waals surface area (Å²) in [6, 6.07) is 7.49. The van der Waals surface area contributed by atoms with Gasteiger partial charge in [0.05, 0.1) is 19.0 Å². The number of methoxy groups -OCH3 is 1. The number of aromatic nitrogens is 4. The van der Waals surface area contributed by atoms with Crippen molar-refractivity contribution in [2.75, 3.05) is 18.2 Å². The fourth-order valence-corrected chi connectivity index (χ4v) is 4.52. The smallest absolute Gasteiger partial charge is 0.209 e. The van der Waals surface area contributed by atoms with Gasteiger partial charge >= 0.3 is 0 Å². The largest absolute Gasteiger partial charge is 0.497 e. The topological polar surface area (TPSA) is 156 Å². The van der Waals surface area contributed by atoms with Crippen LogP contribution < -0.4 is 15.2 Å². The molecule has 11 heteroatoms. The van der Waals surface area contributed by atoms with Crippen molar-refractivity contribution in [1.29, 1.82) is 0 Å². The van der Waals surface area contributed by atoms with E-state index in [0.29, 0.717) is 42.1 Å². The van der Waals surface area contributed by atoms with E-state index >= 15 is 0 Å². The first-order valence-electron chi connectivity index (χ1n) is 9.62. The Balaban J connectivity index is 1.53. The Hall–Kier alpha value is -2.76. The molecule has 1 aliphatic carbocycles. The van der Waals surface area contributed by atoms with E-state index in [9.17, 15) is 13.5 Å². The van der Waals surface area contributed by atoms with Gasteiger partial charge in [0.25, 0.3) is 0 Å². The number of primary sulfonamides is 1. The first-order valence-corrected chi connectivity index (χ1v) is 11.3. The third kappa shape index (κ3) is 4.53. The molecule has 0 amide bonds. The Bertz CT molecular complexity index is 1150. The van der Waals surface area contributed by atoms with Crippen LogP contribution in [0.1, 0.15) is 19.3 Å². The second-order valence-electron chi connectivity index (χ2n) is 7.53. The Kier molecular flexibility index (Phi) is 5.58. The lowest BCUT2D eigenvalue weighted by Gasteiger charge is -2.14. The van der Waals surface area contributed by atoms with Crippen molar-refractivity contribution in [1.82, 2.24) is 19.9 Å². The summed E-state index contributed by atoms with van der Waals surface area (Å²) in [5, 5.41) is 18.7. The number of H-pyrrole nitrogens is 1. The maximum absolute atomic E-state index is 11.2. The van der Waals surface area contributed by atoms with Crippen LogP contribution in [0.15, 0.2) is 30.6 Å². The van der Waals surface area contributed by atoms with E-state index in [1.54, 1.807) is 7.11 Å².